The lowest BCUT2D eigenvalue weighted by Crippen LogP contribution is -1.90. The maximum absolute atomic E-state index is 5.88. The van der Waals surface area contributed by atoms with E-state index in [2.05, 4.69) is 15.3 Å². The summed E-state index contributed by atoms with van der Waals surface area (Å²) in [6.07, 6.45) is 0. The van der Waals surface area contributed by atoms with Crippen LogP contribution in [0.4, 0.5) is 5.69 Å². The number of nitrogens with zero attached hydrogens (tertiary/aromatic N) is 3. The first kappa shape index (κ1) is 8.96. The van der Waals surface area contributed by atoms with Gasteiger partial charge in [0.1, 0.15) is 0 Å². The molecule has 0 radical (unpaired) electrons. The van der Waals surface area contributed by atoms with Gasteiger partial charge in [-0.25, -0.2) is 0 Å². The van der Waals surface area contributed by atoms with Crippen molar-refractivity contribution in [3.05, 3.63) is 36.0 Å². The Labute approximate surface area is 91.9 Å². The van der Waals surface area contributed by atoms with Crippen LogP contribution in [-0.2, 0) is 0 Å². The average Bonchev–Trinajstić information content (AvgIpc) is 2.83. The van der Waals surface area contributed by atoms with Crippen LogP contribution in [0, 0.1) is 6.92 Å². The van der Waals surface area contributed by atoms with E-state index in [9.17, 15) is 0 Å². The molecule has 0 spiro atoms. The maximum Gasteiger partial charge on any atom is 0.183 e. The summed E-state index contributed by atoms with van der Waals surface area (Å²) in [6.45, 7) is 1.88. The van der Waals surface area contributed by atoms with E-state index in [-0.39, 0.29) is 0 Å². The second-order valence-electron chi connectivity index (χ2n) is 3.67. The van der Waals surface area contributed by atoms with Crippen molar-refractivity contribution in [2.75, 3.05) is 5.73 Å². The van der Waals surface area contributed by atoms with Crippen LogP contribution in [0.15, 0.2) is 30.3 Å². The van der Waals surface area contributed by atoms with Gasteiger partial charge in [0.25, 0.3) is 0 Å². The molecule has 1 aromatic carbocycles. The van der Waals surface area contributed by atoms with E-state index in [0.29, 0.717) is 5.69 Å². The van der Waals surface area contributed by atoms with E-state index in [1.54, 1.807) is 4.52 Å². The minimum atomic E-state index is 0.648. The van der Waals surface area contributed by atoms with Crippen molar-refractivity contribution in [3.8, 4) is 11.4 Å². The average molecular weight is 213 g/mol. The fourth-order valence-electron chi connectivity index (χ4n) is 1.73. The number of H-pyrrole nitrogens is 1. The van der Waals surface area contributed by atoms with Crippen molar-refractivity contribution in [2.24, 2.45) is 0 Å². The van der Waals surface area contributed by atoms with Gasteiger partial charge in [-0.1, -0.05) is 30.3 Å². The van der Waals surface area contributed by atoms with Crippen LogP contribution < -0.4 is 5.73 Å². The zero-order valence-corrected chi connectivity index (χ0v) is 8.81. The highest BCUT2D eigenvalue weighted by Gasteiger charge is 2.13. The molecule has 2 heterocycles. The molecular formula is C11H11N5. The number of nitrogens with two attached hydrogens (primary N) is 1. The quantitative estimate of drug-likeness (QED) is 0.645. The number of benzene rings is 1. The topological polar surface area (TPSA) is 72.0 Å². The number of nitrogen functional groups attached to an aromatic ring is 1. The first-order chi connectivity index (χ1) is 7.77. The smallest absolute Gasteiger partial charge is 0.183 e. The third kappa shape index (κ3) is 1.11. The molecule has 0 aliphatic carbocycles. The predicted molar refractivity (Wildman–Crippen MR) is 61.9 cm³/mol. The molecule has 0 bridgehead atoms. The highest BCUT2D eigenvalue weighted by molar-refractivity contribution is 5.70. The molecule has 5 nitrogen and oxygen atoms in total. The fraction of sp³-hybridized carbons (Fsp3) is 0.0909. The molecule has 0 unspecified atom stereocenters. The summed E-state index contributed by atoms with van der Waals surface area (Å²) in [7, 11) is 0. The second kappa shape index (κ2) is 3.10. The van der Waals surface area contributed by atoms with Crippen LogP contribution >= 0.6 is 0 Å². The summed E-state index contributed by atoms with van der Waals surface area (Å²) in [5, 5.41) is 11.5. The van der Waals surface area contributed by atoms with Gasteiger partial charge in [-0.3, -0.25) is 5.10 Å². The Morgan fingerprint density at radius 2 is 2.00 bits per heavy atom. The van der Waals surface area contributed by atoms with Crippen LogP contribution in [0.1, 0.15) is 5.69 Å². The van der Waals surface area contributed by atoms with Gasteiger partial charge in [0.15, 0.2) is 11.5 Å². The molecule has 3 N–H and O–H groups in total. The van der Waals surface area contributed by atoms with E-state index >= 15 is 0 Å². The molecule has 3 rings (SSSR count). The number of nitrogens with one attached hydrogen (secondary N) is 1. The van der Waals surface area contributed by atoms with Crippen LogP contribution in [-0.4, -0.2) is 19.8 Å². The Morgan fingerprint density at radius 1 is 1.25 bits per heavy atom. The van der Waals surface area contributed by atoms with E-state index in [0.717, 1.165) is 22.7 Å². The summed E-state index contributed by atoms with van der Waals surface area (Å²) in [6, 6.07) is 9.88. The number of hydrogen-bond donors (Lipinski definition) is 2. The number of aromatic nitrogens is 4. The molecule has 0 atom stereocenters. The number of aryl methyl sites for hydroxylation is 1. The number of anilines is 1. The summed E-state index contributed by atoms with van der Waals surface area (Å²) in [5.41, 5.74) is 9.09. The zero-order valence-electron chi connectivity index (χ0n) is 8.81. The summed E-state index contributed by atoms with van der Waals surface area (Å²) in [5.74, 6) is 0.774. The minimum Gasteiger partial charge on any atom is -0.394 e. The van der Waals surface area contributed by atoms with Gasteiger partial charge in [-0.05, 0) is 6.92 Å². The number of aromatic amines is 1. The summed E-state index contributed by atoms with van der Waals surface area (Å²) < 4.78 is 1.74. The Kier molecular flexibility index (Phi) is 1.73. The van der Waals surface area contributed by atoms with Crippen LogP contribution in [0.5, 0.6) is 0 Å². The molecule has 0 fully saturated rings. The third-order valence-corrected chi connectivity index (χ3v) is 2.61. The van der Waals surface area contributed by atoms with E-state index in [1.807, 2.05) is 37.3 Å². The van der Waals surface area contributed by atoms with Crippen molar-refractivity contribution >= 4 is 11.3 Å². The van der Waals surface area contributed by atoms with Gasteiger partial charge in [0.2, 0.25) is 0 Å². The molecule has 16 heavy (non-hydrogen) atoms. The molecule has 0 aliphatic heterocycles. The predicted octanol–water partition coefficient (Wildman–Crippen LogP) is 1.62. The van der Waals surface area contributed by atoms with Gasteiger partial charge < -0.3 is 5.73 Å². The Bertz CT molecular complexity index is 635. The first-order valence-corrected chi connectivity index (χ1v) is 5.02. The lowest BCUT2D eigenvalue weighted by atomic mass is 10.2. The second-order valence-corrected chi connectivity index (χ2v) is 3.67. The van der Waals surface area contributed by atoms with Crippen molar-refractivity contribution in [1.82, 2.24) is 19.8 Å². The van der Waals surface area contributed by atoms with Crippen molar-refractivity contribution in [2.45, 2.75) is 6.92 Å². The molecule has 0 amide bonds. The maximum atomic E-state index is 5.88. The first-order valence-electron chi connectivity index (χ1n) is 5.02. The molecular weight excluding hydrogens is 202 g/mol. The molecule has 80 valence electrons. The van der Waals surface area contributed by atoms with Gasteiger partial charge >= 0.3 is 0 Å². The lowest BCUT2D eigenvalue weighted by Gasteiger charge is -1.94. The Hall–Kier alpha value is -2.30. The fourth-order valence-corrected chi connectivity index (χ4v) is 1.73. The minimum absolute atomic E-state index is 0.648. The van der Waals surface area contributed by atoms with Crippen LogP contribution in [0.2, 0.25) is 0 Å². The van der Waals surface area contributed by atoms with E-state index in [1.165, 1.54) is 0 Å². The normalized spacial score (nSPS) is 11.1. The molecule has 2 aromatic heterocycles. The molecule has 3 aromatic rings. The van der Waals surface area contributed by atoms with E-state index in [4.69, 9.17) is 5.73 Å². The molecule has 0 aliphatic rings. The number of hydrogen-bond acceptors (Lipinski definition) is 3. The Morgan fingerprint density at radius 3 is 2.75 bits per heavy atom. The van der Waals surface area contributed by atoms with Crippen LogP contribution in [0.25, 0.3) is 17.0 Å². The van der Waals surface area contributed by atoms with Gasteiger partial charge in [-0.2, -0.15) is 14.7 Å². The van der Waals surface area contributed by atoms with Crippen molar-refractivity contribution < 1.29 is 0 Å². The van der Waals surface area contributed by atoms with Crippen molar-refractivity contribution in [3.63, 3.8) is 0 Å². The van der Waals surface area contributed by atoms with Crippen LogP contribution in [0.3, 0.4) is 0 Å². The molecule has 5 heteroatoms. The lowest BCUT2D eigenvalue weighted by molar-refractivity contribution is 0.939. The largest absolute Gasteiger partial charge is 0.394 e. The Balaban J connectivity index is 2.29. The molecule has 0 saturated heterocycles. The standard InChI is InChI=1S/C11H11N5/c1-7-9(12)11-14-13-10(16(11)15-7)8-5-3-2-4-6-8/h2-6,14H,12H2,1H3. The monoisotopic (exact) mass is 213 g/mol. The SMILES string of the molecule is Cc1nn2c(-c3ccccc3)n[nH]c2c1N. The number of fused-ring (bicyclic) bond motifs is 1. The zero-order chi connectivity index (χ0) is 11.1. The van der Waals surface area contributed by atoms with Gasteiger partial charge in [0, 0.05) is 5.56 Å². The van der Waals surface area contributed by atoms with E-state index < -0.39 is 0 Å². The van der Waals surface area contributed by atoms with Crippen molar-refractivity contribution in [1.29, 1.82) is 0 Å². The highest BCUT2D eigenvalue weighted by atomic mass is 15.4. The summed E-state index contributed by atoms with van der Waals surface area (Å²) in [4.78, 5) is 0. The third-order valence-electron chi connectivity index (χ3n) is 2.61. The van der Waals surface area contributed by atoms with Gasteiger partial charge in [-0.15, -0.1) is 0 Å². The van der Waals surface area contributed by atoms with Gasteiger partial charge in [0.05, 0.1) is 11.4 Å². The molecule has 0 saturated carbocycles. The number of rotatable bonds is 1. The summed E-state index contributed by atoms with van der Waals surface area (Å²) >= 11 is 0. The highest BCUT2D eigenvalue weighted by Crippen LogP contribution is 2.22.